The summed E-state index contributed by atoms with van der Waals surface area (Å²) < 4.78 is 13.8. The number of nitrogens with zero attached hydrogens (tertiary/aromatic N) is 2. The molecule has 0 bridgehead atoms. The lowest BCUT2D eigenvalue weighted by molar-refractivity contribution is -0.124. The van der Waals surface area contributed by atoms with Crippen LogP contribution in [0.4, 0.5) is 14.9 Å². The van der Waals surface area contributed by atoms with Crippen LogP contribution in [-0.2, 0) is 11.3 Å². The van der Waals surface area contributed by atoms with Crippen LogP contribution >= 0.6 is 0 Å². The zero-order valence-electron chi connectivity index (χ0n) is 17.5. The van der Waals surface area contributed by atoms with Crippen LogP contribution in [0, 0.1) is 11.7 Å². The summed E-state index contributed by atoms with van der Waals surface area (Å²) in [4.78, 5) is 29.4. The van der Waals surface area contributed by atoms with Gasteiger partial charge in [-0.3, -0.25) is 4.79 Å². The third kappa shape index (κ3) is 5.49. The third-order valence-electron chi connectivity index (χ3n) is 5.33. The molecular weight excluding hydrogens is 383 g/mol. The number of anilines is 1. The second-order valence-corrected chi connectivity index (χ2v) is 7.79. The van der Waals surface area contributed by atoms with Gasteiger partial charge in [0.1, 0.15) is 11.9 Å². The minimum absolute atomic E-state index is 0.0837. The van der Waals surface area contributed by atoms with Crippen molar-refractivity contribution in [3.8, 4) is 0 Å². The summed E-state index contributed by atoms with van der Waals surface area (Å²) in [5.41, 5.74) is 1.56. The fourth-order valence-corrected chi connectivity index (χ4v) is 3.50. The average molecular weight is 413 g/mol. The van der Waals surface area contributed by atoms with E-state index >= 15 is 0 Å². The smallest absolute Gasteiger partial charge is 0.318 e. The Morgan fingerprint density at radius 1 is 0.967 bits per heavy atom. The Hall–Kier alpha value is -3.09. The van der Waals surface area contributed by atoms with E-state index in [-0.39, 0.29) is 30.2 Å². The van der Waals surface area contributed by atoms with Crippen LogP contribution in [-0.4, -0.2) is 49.1 Å². The first kappa shape index (κ1) is 21.6. The van der Waals surface area contributed by atoms with Gasteiger partial charge in [0.2, 0.25) is 5.91 Å². The van der Waals surface area contributed by atoms with Gasteiger partial charge in [0.25, 0.3) is 0 Å². The molecule has 160 valence electrons. The van der Waals surface area contributed by atoms with E-state index in [0.29, 0.717) is 18.7 Å². The number of piperazine rings is 1. The van der Waals surface area contributed by atoms with Crippen LogP contribution in [0.3, 0.4) is 0 Å². The first-order valence-corrected chi connectivity index (χ1v) is 10.3. The first-order chi connectivity index (χ1) is 14.5. The lowest BCUT2D eigenvalue weighted by Gasteiger charge is -2.37. The number of benzene rings is 2. The van der Waals surface area contributed by atoms with Gasteiger partial charge in [0, 0.05) is 44.0 Å². The van der Waals surface area contributed by atoms with Gasteiger partial charge in [-0.2, -0.15) is 0 Å². The Bertz CT molecular complexity index is 851. The fraction of sp³-hybridized carbons (Fsp3) is 0.391. The van der Waals surface area contributed by atoms with Crippen LogP contribution in [0.25, 0.3) is 0 Å². The number of amides is 3. The van der Waals surface area contributed by atoms with Crippen LogP contribution in [0.5, 0.6) is 0 Å². The predicted molar refractivity (Wildman–Crippen MR) is 116 cm³/mol. The maximum Gasteiger partial charge on any atom is 0.318 e. The molecule has 6 nitrogen and oxygen atoms in total. The summed E-state index contributed by atoms with van der Waals surface area (Å²) in [6.07, 6.45) is 0. The molecule has 1 heterocycles. The van der Waals surface area contributed by atoms with Crippen LogP contribution < -0.4 is 15.5 Å². The minimum atomic E-state index is -0.684. The van der Waals surface area contributed by atoms with Gasteiger partial charge in [-0.25, -0.2) is 9.18 Å². The van der Waals surface area contributed by atoms with Crippen molar-refractivity contribution in [3.63, 3.8) is 0 Å². The van der Waals surface area contributed by atoms with Crippen molar-refractivity contribution in [2.24, 2.45) is 5.92 Å². The predicted octanol–water partition coefficient (Wildman–Crippen LogP) is 3.00. The molecule has 2 N–H and O–H groups in total. The summed E-state index contributed by atoms with van der Waals surface area (Å²) in [6, 6.07) is 15.5. The van der Waals surface area contributed by atoms with Crippen LogP contribution in [0.1, 0.15) is 19.4 Å². The molecule has 0 aromatic heterocycles. The van der Waals surface area contributed by atoms with Gasteiger partial charge in [-0.1, -0.05) is 50.2 Å². The molecule has 1 fully saturated rings. The SMILES string of the molecule is CC(C)[C@H](NC(=O)N1CCN(c2ccccc2)CC1)C(=O)NCc1ccccc1F. The highest BCUT2D eigenvalue weighted by molar-refractivity contribution is 5.87. The second-order valence-electron chi connectivity index (χ2n) is 7.79. The summed E-state index contributed by atoms with van der Waals surface area (Å²) in [5.74, 6) is -0.774. The van der Waals surface area contributed by atoms with E-state index in [2.05, 4.69) is 27.7 Å². The molecule has 0 aliphatic carbocycles. The van der Waals surface area contributed by atoms with E-state index in [1.165, 1.54) is 6.07 Å². The summed E-state index contributed by atoms with van der Waals surface area (Å²) >= 11 is 0. The number of rotatable bonds is 6. The van der Waals surface area contributed by atoms with E-state index in [1.807, 2.05) is 32.0 Å². The number of urea groups is 1. The van der Waals surface area contributed by atoms with Gasteiger partial charge in [-0.05, 0) is 24.1 Å². The van der Waals surface area contributed by atoms with Crippen molar-refractivity contribution in [3.05, 3.63) is 66.0 Å². The number of hydrogen-bond donors (Lipinski definition) is 2. The van der Waals surface area contributed by atoms with Gasteiger partial charge < -0.3 is 20.4 Å². The van der Waals surface area contributed by atoms with Crippen molar-refractivity contribution in [2.75, 3.05) is 31.1 Å². The largest absolute Gasteiger partial charge is 0.368 e. The topological polar surface area (TPSA) is 64.7 Å². The maximum atomic E-state index is 13.8. The van der Waals surface area contributed by atoms with E-state index in [9.17, 15) is 14.0 Å². The molecule has 1 saturated heterocycles. The maximum absolute atomic E-state index is 13.8. The Morgan fingerprint density at radius 3 is 2.23 bits per heavy atom. The van der Waals surface area contributed by atoms with Gasteiger partial charge >= 0.3 is 6.03 Å². The van der Waals surface area contributed by atoms with Crippen molar-refractivity contribution < 1.29 is 14.0 Å². The lowest BCUT2D eigenvalue weighted by atomic mass is 10.0. The summed E-state index contributed by atoms with van der Waals surface area (Å²) in [5, 5.41) is 5.59. The Labute approximate surface area is 177 Å². The highest BCUT2D eigenvalue weighted by Gasteiger charge is 2.28. The highest BCUT2D eigenvalue weighted by Crippen LogP contribution is 2.16. The molecule has 3 rings (SSSR count). The second kappa shape index (κ2) is 10.1. The van der Waals surface area contributed by atoms with E-state index in [1.54, 1.807) is 23.1 Å². The minimum Gasteiger partial charge on any atom is -0.368 e. The molecule has 1 aliphatic heterocycles. The molecule has 1 atom stereocenters. The standard InChI is InChI=1S/C23H29FN4O2/c1-17(2)21(22(29)25-16-18-8-6-7-11-20(18)24)26-23(30)28-14-12-27(13-15-28)19-9-4-3-5-10-19/h3-11,17,21H,12-16H2,1-2H3,(H,25,29)(H,26,30)/t21-/m0/s1. The van der Waals surface area contributed by atoms with Crippen molar-refractivity contribution in [2.45, 2.75) is 26.4 Å². The van der Waals surface area contributed by atoms with Crippen molar-refractivity contribution in [1.29, 1.82) is 0 Å². The number of nitrogens with one attached hydrogen (secondary N) is 2. The highest BCUT2D eigenvalue weighted by atomic mass is 19.1. The summed E-state index contributed by atoms with van der Waals surface area (Å²) in [7, 11) is 0. The van der Waals surface area contributed by atoms with Gasteiger partial charge in [0.15, 0.2) is 0 Å². The van der Waals surface area contributed by atoms with Gasteiger partial charge in [0.05, 0.1) is 0 Å². The number of hydrogen-bond acceptors (Lipinski definition) is 3. The quantitative estimate of drug-likeness (QED) is 0.767. The van der Waals surface area contributed by atoms with Crippen molar-refractivity contribution in [1.82, 2.24) is 15.5 Å². The van der Waals surface area contributed by atoms with Crippen LogP contribution in [0.2, 0.25) is 0 Å². The molecule has 30 heavy (non-hydrogen) atoms. The molecule has 0 spiro atoms. The average Bonchev–Trinajstić information content (AvgIpc) is 2.77. The van der Waals surface area contributed by atoms with E-state index in [0.717, 1.165) is 18.8 Å². The normalized spacial score (nSPS) is 15.1. The third-order valence-corrected chi connectivity index (χ3v) is 5.33. The number of halogens is 1. The number of carbonyl (C=O) groups is 2. The number of para-hydroxylation sites is 1. The molecule has 2 aromatic rings. The van der Waals surface area contributed by atoms with Gasteiger partial charge in [-0.15, -0.1) is 0 Å². The summed E-state index contributed by atoms with van der Waals surface area (Å²) in [6.45, 7) is 6.49. The molecule has 0 radical (unpaired) electrons. The Morgan fingerprint density at radius 2 is 1.60 bits per heavy atom. The zero-order chi connectivity index (χ0) is 21.5. The van der Waals surface area contributed by atoms with Crippen molar-refractivity contribution >= 4 is 17.6 Å². The molecule has 1 aliphatic rings. The monoisotopic (exact) mass is 412 g/mol. The molecule has 0 unspecified atom stereocenters. The van der Waals surface area contributed by atoms with E-state index < -0.39 is 6.04 Å². The zero-order valence-corrected chi connectivity index (χ0v) is 17.5. The molecular formula is C23H29FN4O2. The molecule has 0 saturated carbocycles. The number of carbonyl (C=O) groups excluding carboxylic acids is 2. The Balaban J connectivity index is 1.52. The fourth-order valence-electron chi connectivity index (χ4n) is 3.50. The molecule has 3 amide bonds. The first-order valence-electron chi connectivity index (χ1n) is 10.3. The molecule has 2 aromatic carbocycles. The Kier molecular flexibility index (Phi) is 7.27. The lowest BCUT2D eigenvalue weighted by Crippen LogP contribution is -2.57. The van der Waals surface area contributed by atoms with Crippen LogP contribution in [0.15, 0.2) is 54.6 Å². The molecule has 7 heteroatoms. The van der Waals surface area contributed by atoms with E-state index in [4.69, 9.17) is 0 Å².